The van der Waals surface area contributed by atoms with E-state index in [1.165, 1.54) is 0 Å². The third kappa shape index (κ3) is 6.46. The van der Waals surface area contributed by atoms with Crippen LogP contribution in [0.5, 0.6) is 0 Å². The first-order chi connectivity index (χ1) is 9.85. The molecule has 1 aromatic rings. The van der Waals surface area contributed by atoms with Gasteiger partial charge in [0, 0.05) is 11.6 Å². The van der Waals surface area contributed by atoms with Gasteiger partial charge in [-0.25, -0.2) is 13.1 Å². The van der Waals surface area contributed by atoms with Crippen LogP contribution in [-0.4, -0.2) is 32.5 Å². The average molecular weight is 333 g/mol. The summed E-state index contributed by atoms with van der Waals surface area (Å²) in [6, 6.07) is 5.58. The second kappa shape index (κ2) is 8.36. The van der Waals surface area contributed by atoms with E-state index >= 15 is 0 Å². The molecule has 0 saturated carbocycles. The van der Waals surface area contributed by atoms with E-state index in [0.717, 1.165) is 11.1 Å². The zero-order valence-corrected chi connectivity index (χ0v) is 13.9. The molecule has 5 nitrogen and oxygen atoms in total. The lowest BCUT2D eigenvalue weighted by atomic mass is 10.1. The van der Waals surface area contributed by atoms with E-state index in [9.17, 15) is 13.2 Å². The minimum absolute atomic E-state index is 0.0174. The van der Waals surface area contributed by atoms with Crippen LogP contribution in [0.1, 0.15) is 24.0 Å². The van der Waals surface area contributed by atoms with Crippen molar-refractivity contribution in [3.63, 3.8) is 0 Å². The molecule has 1 amide bonds. The third-order valence-electron chi connectivity index (χ3n) is 3.13. The molecule has 7 heteroatoms. The maximum atomic E-state index is 11.8. The van der Waals surface area contributed by atoms with Crippen LogP contribution >= 0.6 is 11.6 Å². The van der Waals surface area contributed by atoms with Gasteiger partial charge in [0.1, 0.15) is 0 Å². The molecule has 0 atom stereocenters. The van der Waals surface area contributed by atoms with Gasteiger partial charge in [0.15, 0.2) is 0 Å². The molecular formula is C14H21ClN2O3S. The van der Waals surface area contributed by atoms with Crippen LogP contribution in [0.15, 0.2) is 18.2 Å². The van der Waals surface area contributed by atoms with E-state index in [1.807, 2.05) is 26.0 Å². The number of anilines is 1. The highest BCUT2D eigenvalue weighted by molar-refractivity contribution is 7.89. The smallest absolute Gasteiger partial charge is 0.239 e. The SMILES string of the molecule is Cc1cccc(NC(=O)CNS(=O)(=O)CCCCCl)c1C. The zero-order valence-electron chi connectivity index (χ0n) is 12.3. The standard InChI is InChI=1S/C14H21ClN2O3S/c1-11-6-5-7-13(12(11)2)17-14(18)10-16-21(19,20)9-4-3-8-15/h5-7,16H,3-4,8-10H2,1-2H3,(H,17,18). The maximum absolute atomic E-state index is 11.8. The van der Waals surface area contributed by atoms with Crippen molar-refractivity contribution >= 4 is 33.2 Å². The first-order valence-corrected chi connectivity index (χ1v) is 8.94. The summed E-state index contributed by atoms with van der Waals surface area (Å²) in [7, 11) is -3.43. The summed E-state index contributed by atoms with van der Waals surface area (Å²) in [5.41, 5.74) is 2.73. The number of carbonyl (C=O) groups is 1. The molecule has 0 unspecified atom stereocenters. The van der Waals surface area contributed by atoms with E-state index in [2.05, 4.69) is 10.0 Å². The maximum Gasteiger partial charge on any atom is 0.239 e. The van der Waals surface area contributed by atoms with Crippen LogP contribution in [0.4, 0.5) is 5.69 Å². The van der Waals surface area contributed by atoms with Gasteiger partial charge in [-0.05, 0) is 43.9 Å². The highest BCUT2D eigenvalue weighted by Crippen LogP contribution is 2.17. The minimum atomic E-state index is -3.43. The molecular weight excluding hydrogens is 312 g/mol. The van der Waals surface area contributed by atoms with Gasteiger partial charge < -0.3 is 5.32 Å². The molecule has 2 N–H and O–H groups in total. The molecule has 118 valence electrons. The Hall–Kier alpha value is -1.11. The van der Waals surface area contributed by atoms with Crippen molar-refractivity contribution in [2.75, 3.05) is 23.5 Å². The van der Waals surface area contributed by atoms with Crippen molar-refractivity contribution in [2.24, 2.45) is 0 Å². The second-order valence-electron chi connectivity index (χ2n) is 4.83. The van der Waals surface area contributed by atoms with Crippen LogP contribution in [0.25, 0.3) is 0 Å². The van der Waals surface area contributed by atoms with Crippen LogP contribution in [0.3, 0.4) is 0 Å². The second-order valence-corrected chi connectivity index (χ2v) is 7.14. The molecule has 0 fully saturated rings. The Morgan fingerprint density at radius 3 is 2.62 bits per heavy atom. The first-order valence-electron chi connectivity index (χ1n) is 6.75. The van der Waals surface area contributed by atoms with Crippen LogP contribution in [-0.2, 0) is 14.8 Å². The monoisotopic (exact) mass is 332 g/mol. The minimum Gasteiger partial charge on any atom is -0.325 e. The molecule has 0 bridgehead atoms. The van der Waals surface area contributed by atoms with E-state index < -0.39 is 10.0 Å². The molecule has 0 heterocycles. The zero-order chi connectivity index (χ0) is 15.9. The van der Waals surface area contributed by atoms with Crippen LogP contribution in [0, 0.1) is 13.8 Å². The van der Waals surface area contributed by atoms with Gasteiger partial charge in [-0.2, -0.15) is 0 Å². The first kappa shape index (κ1) is 17.9. The van der Waals surface area contributed by atoms with Gasteiger partial charge in [0.25, 0.3) is 0 Å². The Morgan fingerprint density at radius 1 is 1.24 bits per heavy atom. The van der Waals surface area contributed by atoms with Crippen molar-refractivity contribution in [3.8, 4) is 0 Å². The Morgan fingerprint density at radius 2 is 1.95 bits per heavy atom. The summed E-state index contributed by atoms with van der Waals surface area (Å²) in [5.74, 6) is 0.0312. The van der Waals surface area contributed by atoms with Gasteiger partial charge in [0.05, 0.1) is 12.3 Å². The lowest BCUT2D eigenvalue weighted by Crippen LogP contribution is -2.34. The van der Waals surface area contributed by atoms with Gasteiger partial charge in [-0.1, -0.05) is 12.1 Å². The number of nitrogens with one attached hydrogen (secondary N) is 2. The Balaban J connectivity index is 2.49. The number of hydrogen-bond acceptors (Lipinski definition) is 3. The predicted octanol–water partition coefficient (Wildman–Crippen LogP) is 2.18. The highest BCUT2D eigenvalue weighted by Gasteiger charge is 2.12. The number of hydrogen-bond donors (Lipinski definition) is 2. The van der Waals surface area contributed by atoms with Gasteiger partial charge in [-0.15, -0.1) is 11.6 Å². The lowest BCUT2D eigenvalue weighted by Gasteiger charge is -2.11. The number of carbonyl (C=O) groups excluding carboxylic acids is 1. The quantitative estimate of drug-likeness (QED) is 0.566. The largest absolute Gasteiger partial charge is 0.325 e. The summed E-state index contributed by atoms with van der Waals surface area (Å²) < 4.78 is 25.6. The number of sulfonamides is 1. The Bertz CT molecular complexity index is 588. The normalized spacial score (nSPS) is 11.4. The summed E-state index contributed by atoms with van der Waals surface area (Å²) in [4.78, 5) is 11.8. The summed E-state index contributed by atoms with van der Waals surface area (Å²) in [5, 5.41) is 2.70. The molecule has 1 aromatic carbocycles. The van der Waals surface area contributed by atoms with Crippen molar-refractivity contribution in [1.29, 1.82) is 0 Å². The Labute approximate surface area is 131 Å². The van der Waals surface area contributed by atoms with E-state index in [0.29, 0.717) is 24.4 Å². The van der Waals surface area contributed by atoms with E-state index in [4.69, 9.17) is 11.6 Å². The lowest BCUT2D eigenvalue weighted by molar-refractivity contribution is -0.115. The van der Waals surface area contributed by atoms with Crippen LogP contribution in [0.2, 0.25) is 0 Å². The summed E-state index contributed by atoms with van der Waals surface area (Å²) in [6.45, 7) is 3.59. The fraction of sp³-hybridized carbons (Fsp3) is 0.500. The highest BCUT2D eigenvalue weighted by atomic mass is 35.5. The molecule has 0 saturated heterocycles. The molecule has 0 aliphatic carbocycles. The fourth-order valence-electron chi connectivity index (χ4n) is 1.72. The summed E-state index contributed by atoms with van der Waals surface area (Å²) >= 11 is 5.50. The number of aryl methyl sites for hydroxylation is 1. The summed E-state index contributed by atoms with van der Waals surface area (Å²) in [6.07, 6.45) is 1.12. The molecule has 0 aliphatic heterocycles. The average Bonchev–Trinajstić information content (AvgIpc) is 2.42. The van der Waals surface area contributed by atoms with Crippen molar-refractivity contribution in [2.45, 2.75) is 26.7 Å². The number of rotatable bonds is 8. The third-order valence-corrected chi connectivity index (χ3v) is 4.81. The fourth-order valence-corrected chi connectivity index (χ4v) is 2.98. The van der Waals surface area contributed by atoms with Gasteiger partial charge >= 0.3 is 0 Å². The predicted molar refractivity (Wildman–Crippen MR) is 86.3 cm³/mol. The van der Waals surface area contributed by atoms with E-state index in [1.54, 1.807) is 6.07 Å². The van der Waals surface area contributed by atoms with Crippen molar-refractivity contribution in [1.82, 2.24) is 4.72 Å². The van der Waals surface area contributed by atoms with Crippen LogP contribution < -0.4 is 10.0 Å². The topological polar surface area (TPSA) is 75.3 Å². The number of amides is 1. The molecule has 0 radical (unpaired) electrons. The molecule has 0 spiro atoms. The van der Waals surface area contributed by atoms with E-state index in [-0.39, 0.29) is 18.2 Å². The number of benzene rings is 1. The molecule has 0 aromatic heterocycles. The van der Waals surface area contributed by atoms with Gasteiger partial charge in [0.2, 0.25) is 15.9 Å². The van der Waals surface area contributed by atoms with Crippen molar-refractivity contribution in [3.05, 3.63) is 29.3 Å². The molecule has 0 aliphatic rings. The number of alkyl halides is 1. The number of halogens is 1. The van der Waals surface area contributed by atoms with Crippen molar-refractivity contribution < 1.29 is 13.2 Å². The molecule has 21 heavy (non-hydrogen) atoms. The van der Waals surface area contributed by atoms with Gasteiger partial charge in [-0.3, -0.25) is 4.79 Å². The number of unbranched alkanes of at least 4 members (excludes halogenated alkanes) is 1. The molecule has 1 rings (SSSR count). The Kier molecular flexibility index (Phi) is 7.14.